The van der Waals surface area contributed by atoms with Gasteiger partial charge in [0.15, 0.2) is 0 Å². The minimum absolute atomic E-state index is 0.107. The summed E-state index contributed by atoms with van der Waals surface area (Å²) < 4.78 is 19.4. The van der Waals surface area contributed by atoms with Crippen molar-refractivity contribution in [1.29, 1.82) is 0 Å². The van der Waals surface area contributed by atoms with Gasteiger partial charge in [0.2, 0.25) is 0 Å². The monoisotopic (exact) mass is 428 g/mol. The maximum atomic E-state index is 13.1. The summed E-state index contributed by atoms with van der Waals surface area (Å²) in [5, 5.41) is 0.587. The summed E-state index contributed by atoms with van der Waals surface area (Å²) in [6, 6.07) is 17.8. The van der Waals surface area contributed by atoms with E-state index in [1.807, 2.05) is 48.5 Å². The Kier molecular flexibility index (Phi) is 8.62. The summed E-state index contributed by atoms with van der Waals surface area (Å²) in [5.41, 5.74) is 0. The quantitative estimate of drug-likeness (QED) is 0.341. The van der Waals surface area contributed by atoms with Crippen molar-refractivity contribution < 1.29 is 8.95 Å². The molecule has 0 amide bonds. The first-order valence-electron chi connectivity index (χ1n) is 7.77. The molecule has 2 rings (SSSR count). The van der Waals surface area contributed by atoms with E-state index in [1.165, 1.54) is 4.46 Å². The molecule has 2 aromatic rings. The Hall–Kier alpha value is -1.06. The molecule has 2 atom stereocenters. The molecule has 0 heterocycles. The fourth-order valence-corrected chi connectivity index (χ4v) is 7.44. The van der Waals surface area contributed by atoms with Gasteiger partial charge in [0.1, 0.15) is 0 Å². The number of hydrogen-bond donors (Lipinski definition) is 0. The average Bonchev–Trinajstić information content (AvgIpc) is 2.61. The molecule has 0 radical (unpaired) electrons. The molecule has 0 saturated carbocycles. The third-order valence-electron chi connectivity index (χ3n) is 3.35. The van der Waals surface area contributed by atoms with E-state index in [9.17, 15) is 4.21 Å². The summed E-state index contributed by atoms with van der Waals surface area (Å²) in [7, 11) is 0.543. The Morgan fingerprint density at radius 1 is 1.17 bits per heavy atom. The number of hydrogen-bond acceptors (Lipinski definition) is 2. The van der Waals surface area contributed by atoms with Gasteiger partial charge in [0, 0.05) is 0 Å². The van der Waals surface area contributed by atoms with Crippen LogP contribution in [0.25, 0.3) is 0 Å². The summed E-state index contributed by atoms with van der Waals surface area (Å²) in [5.74, 6) is 0. The van der Waals surface area contributed by atoms with Gasteiger partial charge in [0.25, 0.3) is 0 Å². The van der Waals surface area contributed by atoms with Gasteiger partial charge in [-0.25, -0.2) is 0 Å². The van der Waals surface area contributed by atoms with Crippen molar-refractivity contribution in [3.8, 4) is 0 Å². The topological polar surface area (TPSA) is 26.3 Å². The van der Waals surface area contributed by atoms with Crippen molar-refractivity contribution in [2.45, 2.75) is 28.3 Å². The van der Waals surface area contributed by atoms with Crippen molar-refractivity contribution >= 4 is 41.8 Å². The van der Waals surface area contributed by atoms with Gasteiger partial charge in [-0.1, -0.05) is 0 Å². The molecule has 0 bridgehead atoms. The number of unbranched alkanes of at least 4 members (excludes halogenated alkanes) is 1. The second kappa shape index (κ2) is 10.7. The second-order valence-corrected chi connectivity index (χ2v) is 10.5. The molecule has 0 spiro atoms. The molecule has 2 unspecified atom stereocenters. The van der Waals surface area contributed by atoms with Crippen molar-refractivity contribution in [1.82, 2.24) is 0 Å². The first kappa shape index (κ1) is 19.3. The van der Waals surface area contributed by atoms with Crippen LogP contribution >= 0.6 is 11.6 Å². The molecule has 0 aliphatic rings. The molecule has 0 aliphatic heterocycles. The van der Waals surface area contributed by atoms with E-state index >= 15 is 0 Å². The Bertz CT molecular complexity index is 676. The molecule has 0 aliphatic carbocycles. The molecule has 5 heteroatoms. The molecular formula is C19H21ClO2SSe. The van der Waals surface area contributed by atoms with Gasteiger partial charge in [0.05, 0.1) is 0 Å². The van der Waals surface area contributed by atoms with E-state index in [1.54, 1.807) is 13.4 Å². The summed E-state index contributed by atoms with van der Waals surface area (Å²) in [4.78, 5) is 0.745. The van der Waals surface area contributed by atoms with Crippen LogP contribution < -0.4 is 4.46 Å². The molecular weight excluding hydrogens is 407 g/mol. The molecule has 2 nitrogen and oxygen atoms in total. The Balaban J connectivity index is 2.10. The number of methoxy groups -OCH3 is 1. The molecule has 0 aromatic heterocycles. The van der Waals surface area contributed by atoms with Crippen LogP contribution in [0.2, 0.25) is 5.02 Å². The van der Waals surface area contributed by atoms with Gasteiger partial charge >= 0.3 is 158 Å². The van der Waals surface area contributed by atoms with Crippen LogP contribution in [0.1, 0.15) is 19.3 Å². The molecule has 24 heavy (non-hydrogen) atoms. The van der Waals surface area contributed by atoms with Crippen LogP contribution in [0.4, 0.5) is 0 Å². The first-order chi connectivity index (χ1) is 11.7. The van der Waals surface area contributed by atoms with Crippen LogP contribution in [-0.2, 0) is 15.5 Å². The predicted octanol–water partition coefficient (Wildman–Crippen LogP) is 4.13. The Morgan fingerprint density at radius 3 is 2.58 bits per heavy atom. The van der Waals surface area contributed by atoms with Crippen LogP contribution in [0.3, 0.4) is 0 Å². The molecule has 0 N–H and O–H groups in total. The van der Waals surface area contributed by atoms with E-state index in [2.05, 4.69) is 12.1 Å². The molecule has 0 fully saturated rings. The fraction of sp³-hybridized carbons (Fsp3) is 0.263. The molecule has 2 aromatic carbocycles. The number of allylic oxidation sites excluding steroid dienone is 1. The van der Waals surface area contributed by atoms with Gasteiger partial charge in [-0.15, -0.1) is 0 Å². The number of ether oxygens (including phenoxy) is 1. The van der Waals surface area contributed by atoms with E-state index in [4.69, 9.17) is 16.3 Å². The standard InChI is InChI=1S/C19H21ClO2SSe/c1-22-15-9-3-6-14-19(24-16-10-4-2-5-11-16)23(21)18-13-8-7-12-17(18)20/h2,4-5,7-13,15,19H,3,6,14H2,1H3/b15-9+. The van der Waals surface area contributed by atoms with Crippen molar-refractivity contribution in [2.75, 3.05) is 7.11 Å². The first-order valence-corrected chi connectivity index (χ1v) is 11.2. The van der Waals surface area contributed by atoms with Crippen LogP contribution in [-0.4, -0.2) is 30.4 Å². The van der Waals surface area contributed by atoms with Crippen molar-refractivity contribution in [2.24, 2.45) is 0 Å². The predicted molar refractivity (Wildman–Crippen MR) is 103 cm³/mol. The van der Waals surface area contributed by atoms with Crippen LogP contribution in [0.5, 0.6) is 0 Å². The Morgan fingerprint density at radius 2 is 1.88 bits per heavy atom. The van der Waals surface area contributed by atoms with Gasteiger partial charge < -0.3 is 0 Å². The summed E-state index contributed by atoms with van der Waals surface area (Å²) in [6.45, 7) is 0. The van der Waals surface area contributed by atoms with Crippen LogP contribution in [0.15, 0.2) is 71.8 Å². The van der Waals surface area contributed by atoms with Crippen molar-refractivity contribution in [3.05, 3.63) is 72.0 Å². The zero-order chi connectivity index (χ0) is 17.2. The third kappa shape index (κ3) is 6.10. The van der Waals surface area contributed by atoms with E-state index in [0.29, 0.717) is 5.02 Å². The number of halogens is 1. The van der Waals surface area contributed by atoms with E-state index in [-0.39, 0.29) is 19.1 Å². The van der Waals surface area contributed by atoms with Crippen molar-refractivity contribution in [3.63, 3.8) is 0 Å². The zero-order valence-electron chi connectivity index (χ0n) is 13.6. The Labute approximate surface area is 157 Å². The second-order valence-electron chi connectivity index (χ2n) is 5.13. The molecule has 128 valence electrons. The van der Waals surface area contributed by atoms with Gasteiger partial charge in [-0.2, -0.15) is 0 Å². The molecule has 0 saturated heterocycles. The van der Waals surface area contributed by atoms with Gasteiger partial charge in [-0.05, 0) is 0 Å². The minimum atomic E-state index is -1.10. The fourth-order valence-electron chi connectivity index (χ4n) is 2.18. The SMILES string of the molecule is CO/C=C/CCCC([Se]c1ccccc1)S(=O)c1ccccc1Cl. The summed E-state index contributed by atoms with van der Waals surface area (Å²) in [6.07, 6.45) is 6.51. The van der Waals surface area contributed by atoms with E-state index in [0.717, 1.165) is 24.2 Å². The van der Waals surface area contributed by atoms with E-state index < -0.39 is 10.8 Å². The third-order valence-corrected chi connectivity index (χ3v) is 9.08. The van der Waals surface area contributed by atoms with Gasteiger partial charge in [-0.3, -0.25) is 0 Å². The zero-order valence-corrected chi connectivity index (χ0v) is 16.8. The maximum absolute atomic E-state index is 13.1. The number of rotatable bonds is 9. The normalized spacial score (nSPS) is 13.8. The van der Waals surface area contributed by atoms with Crippen LogP contribution in [0, 0.1) is 0 Å². The number of benzene rings is 2. The average molecular weight is 428 g/mol. The summed E-state index contributed by atoms with van der Waals surface area (Å²) >= 11 is 6.39.